The Kier molecular flexibility index (Phi) is 7.73. The molecule has 12 heteroatoms. The second-order valence-electron chi connectivity index (χ2n) is 6.34. The highest BCUT2D eigenvalue weighted by molar-refractivity contribution is 5.50. The van der Waals surface area contributed by atoms with Crippen LogP contribution in [0.25, 0.3) is 0 Å². The van der Waals surface area contributed by atoms with E-state index in [0.29, 0.717) is 18.8 Å². The molecule has 0 radical (unpaired) electrons. The molecule has 0 atom stereocenters. The number of rotatable bonds is 11. The summed E-state index contributed by atoms with van der Waals surface area (Å²) in [6, 6.07) is 0.137. The summed E-state index contributed by atoms with van der Waals surface area (Å²) in [5.41, 5.74) is -0.200. The molecule has 166 valence electrons. The zero-order valence-electron chi connectivity index (χ0n) is 16.5. The second-order valence-corrected chi connectivity index (χ2v) is 6.34. The fraction of sp³-hybridized carbons (Fsp3) is 0.316. The number of aromatic nitrogens is 4. The van der Waals surface area contributed by atoms with Crippen molar-refractivity contribution in [1.29, 1.82) is 0 Å². The Bertz CT molecular complexity index is 974. The third-order valence-electron chi connectivity index (χ3n) is 4.10. The maximum atomic E-state index is 13.7. The van der Waals surface area contributed by atoms with Gasteiger partial charge < -0.3 is 20.1 Å². The van der Waals surface area contributed by atoms with Gasteiger partial charge in [0.1, 0.15) is 6.61 Å². The van der Waals surface area contributed by atoms with E-state index < -0.39 is 35.4 Å². The van der Waals surface area contributed by atoms with Crippen LogP contribution in [-0.2, 0) is 17.9 Å². The highest BCUT2D eigenvalue weighted by atomic mass is 19.2. The van der Waals surface area contributed by atoms with Crippen molar-refractivity contribution >= 4 is 11.6 Å². The van der Waals surface area contributed by atoms with Gasteiger partial charge in [0.05, 0.1) is 43.0 Å². The molecule has 0 saturated heterocycles. The Labute approximate surface area is 175 Å². The van der Waals surface area contributed by atoms with Crippen LogP contribution >= 0.6 is 0 Å². The van der Waals surface area contributed by atoms with Gasteiger partial charge in [-0.05, 0) is 0 Å². The molecule has 0 spiro atoms. The number of halogens is 4. The molecule has 3 aromatic rings. The Hall–Kier alpha value is -3.25. The van der Waals surface area contributed by atoms with Crippen LogP contribution in [-0.4, -0.2) is 46.6 Å². The number of nitrogens with one attached hydrogen (secondary N) is 2. The van der Waals surface area contributed by atoms with Crippen molar-refractivity contribution in [3.63, 3.8) is 0 Å². The first-order chi connectivity index (χ1) is 15.0. The minimum absolute atomic E-state index is 0.0619. The van der Waals surface area contributed by atoms with Crippen LogP contribution < -0.4 is 15.4 Å². The molecule has 2 aromatic heterocycles. The van der Waals surface area contributed by atoms with Crippen molar-refractivity contribution in [2.45, 2.75) is 13.2 Å². The third kappa shape index (κ3) is 6.12. The number of nitrogens with zero attached hydrogens (tertiary/aromatic N) is 4. The molecule has 2 heterocycles. The molecular formula is C19H20F4N6O2. The Balaban J connectivity index is 1.52. The number of methoxy groups -OCH3 is 1. The number of hydrogen-bond acceptors (Lipinski definition) is 7. The highest BCUT2D eigenvalue weighted by Gasteiger charge is 2.19. The lowest BCUT2D eigenvalue weighted by Crippen LogP contribution is -2.23. The number of hydrogen-bond donors (Lipinski definition) is 2. The van der Waals surface area contributed by atoms with Crippen molar-refractivity contribution in [1.82, 2.24) is 25.1 Å². The predicted molar refractivity (Wildman–Crippen MR) is 103 cm³/mol. The van der Waals surface area contributed by atoms with Gasteiger partial charge in [0.25, 0.3) is 0 Å². The van der Waals surface area contributed by atoms with Crippen LogP contribution in [0, 0.1) is 23.3 Å². The summed E-state index contributed by atoms with van der Waals surface area (Å²) in [5.74, 6) is -5.72. The summed E-state index contributed by atoms with van der Waals surface area (Å²) in [6.45, 7) is 2.04. The second kappa shape index (κ2) is 10.7. The molecule has 8 nitrogen and oxygen atoms in total. The van der Waals surface area contributed by atoms with Crippen molar-refractivity contribution in [3.8, 4) is 5.75 Å². The van der Waals surface area contributed by atoms with E-state index in [9.17, 15) is 17.6 Å². The third-order valence-corrected chi connectivity index (χ3v) is 4.10. The summed E-state index contributed by atoms with van der Waals surface area (Å²) >= 11 is 0. The van der Waals surface area contributed by atoms with Crippen LogP contribution in [0.5, 0.6) is 5.75 Å². The van der Waals surface area contributed by atoms with E-state index in [1.54, 1.807) is 24.2 Å². The molecule has 0 fully saturated rings. The summed E-state index contributed by atoms with van der Waals surface area (Å²) in [4.78, 5) is 8.05. The van der Waals surface area contributed by atoms with Crippen LogP contribution in [0.15, 0.2) is 30.9 Å². The minimum Gasteiger partial charge on any atom is -0.485 e. The molecular weight excluding hydrogens is 420 g/mol. The predicted octanol–water partition coefficient (Wildman–Crippen LogP) is 2.79. The summed E-state index contributed by atoms with van der Waals surface area (Å²) in [5, 5.41) is 10.4. The van der Waals surface area contributed by atoms with Gasteiger partial charge in [0, 0.05) is 32.5 Å². The lowest BCUT2D eigenvalue weighted by atomic mass is 10.2. The van der Waals surface area contributed by atoms with Gasteiger partial charge in [-0.25, -0.2) is 27.5 Å². The SMILES string of the molecule is COCCNCCn1cc(Nc2ncc(OCc3c(F)c(F)cc(F)c3F)cn2)cn1. The molecule has 0 aliphatic carbocycles. The zero-order chi connectivity index (χ0) is 22.2. The van der Waals surface area contributed by atoms with Gasteiger partial charge in [-0.2, -0.15) is 5.10 Å². The van der Waals surface area contributed by atoms with E-state index in [2.05, 4.69) is 25.7 Å². The zero-order valence-corrected chi connectivity index (χ0v) is 16.5. The first kappa shape index (κ1) is 22.4. The average molecular weight is 440 g/mol. The van der Waals surface area contributed by atoms with E-state index >= 15 is 0 Å². The molecule has 0 aliphatic rings. The molecule has 0 aliphatic heterocycles. The van der Waals surface area contributed by atoms with Crippen molar-refractivity contribution in [2.75, 3.05) is 32.1 Å². The molecule has 2 N–H and O–H groups in total. The fourth-order valence-electron chi connectivity index (χ4n) is 2.53. The smallest absolute Gasteiger partial charge is 0.227 e. The Morgan fingerprint density at radius 1 is 1.00 bits per heavy atom. The van der Waals surface area contributed by atoms with Gasteiger partial charge in [0.15, 0.2) is 29.0 Å². The van der Waals surface area contributed by atoms with Gasteiger partial charge >= 0.3 is 0 Å². The molecule has 31 heavy (non-hydrogen) atoms. The van der Waals surface area contributed by atoms with Gasteiger partial charge in [0.2, 0.25) is 5.95 Å². The first-order valence-electron chi connectivity index (χ1n) is 9.23. The summed E-state index contributed by atoms with van der Waals surface area (Å²) in [6.07, 6.45) is 5.89. The molecule has 3 rings (SSSR count). The van der Waals surface area contributed by atoms with Crippen LogP contribution in [0.2, 0.25) is 0 Å². The molecule has 0 saturated carbocycles. The highest BCUT2D eigenvalue weighted by Crippen LogP contribution is 2.21. The van der Waals surface area contributed by atoms with Gasteiger partial charge in [-0.1, -0.05) is 0 Å². The minimum atomic E-state index is -1.51. The summed E-state index contributed by atoms with van der Waals surface area (Å²) in [7, 11) is 1.64. The van der Waals surface area contributed by atoms with E-state index in [4.69, 9.17) is 9.47 Å². The van der Waals surface area contributed by atoms with E-state index in [-0.39, 0.29) is 17.8 Å². The lowest BCUT2D eigenvalue weighted by molar-refractivity contribution is 0.199. The first-order valence-corrected chi connectivity index (χ1v) is 9.23. The van der Waals surface area contributed by atoms with Crippen molar-refractivity contribution in [3.05, 3.63) is 59.7 Å². The maximum Gasteiger partial charge on any atom is 0.227 e. The number of benzene rings is 1. The van der Waals surface area contributed by atoms with Crippen molar-refractivity contribution < 1.29 is 27.0 Å². The molecule has 1 aromatic carbocycles. The van der Waals surface area contributed by atoms with Crippen LogP contribution in [0.4, 0.5) is 29.2 Å². The van der Waals surface area contributed by atoms with E-state index in [1.807, 2.05) is 0 Å². The van der Waals surface area contributed by atoms with Crippen LogP contribution in [0.1, 0.15) is 5.56 Å². The molecule has 0 bridgehead atoms. The Morgan fingerprint density at radius 2 is 1.71 bits per heavy atom. The fourth-order valence-corrected chi connectivity index (χ4v) is 2.53. The van der Waals surface area contributed by atoms with Crippen LogP contribution in [0.3, 0.4) is 0 Å². The molecule has 0 amide bonds. The Morgan fingerprint density at radius 3 is 2.39 bits per heavy atom. The number of anilines is 2. The monoisotopic (exact) mass is 440 g/mol. The average Bonchev–Trinajstić information content (AvgIpc) is 3.20. The van der Waals surface area contributed by atoms with E-state index in [1.165, 1.54) is 12.4 Å². The lowest BCUT2D eigenvalue weighted by Gasteiger charge is -2.09. The maximum absolute atomic E-state index is 13.7. The largest absolute Gasteiger partial charge is 0.485 e. The normalized spacial score (nSPS) is 11.0. The number of ether oxygens (including phenoxy) is 2. The van der Waals surface area contributed by atoms with Gasteiger partial charge in [-0.15, -0.1) is 0 Å². The summed E-state index contributed by atoms with van der Waals surface area (Å²) < 4.78 is 65.6. The topological polar surface area (TPSA) is 86.1 Å². The quantitative estimate of drug-likeness (QED) is 0.269. The van der Waals surface area contributed by atoms with E-state index in [0.717, 1.165) is 13.1 Å². The van der Waals surface area contributed by atoms with Gasteiger partial charge in [-0.3, -0.25) is 4.68 Å². The standard InChI is InChI=1S/C19H20F4N6O2/c1-30-5-3-24-2-4-29-10-12(7-27-29)28-19-25-8-13(9-26-19)31-11-14-17(22)15(20)6-16(21)18(14)23/h6-10,24H,2-5,11H2,1H3,(H,25,26,28). The van der Waals surface area contributed by atoms with Crippen molar-refractivity contribution in [2.24, 2.45) is 0 Å². The molecule has 0 unspecified atom stereocenters.